The smallest absolute Gasteiger partial charge is 0.160 e. The lowest BCUT2D eigenvalue weighted by Crippen LogP contribution is -2.28. The number of ether oxygens (including phenoxy) is 1. The van der Waals surface area contributed by atoms with E-state index in [0.717, 1.165) is 27.4 Å². The molecule has 3 heterocycles. The summed E-state index contributed by atoms with van der Waals surface area (Å²) >= 11 is 5.42. The molecule has 2 aliphatic rings. The number of phenols is 1. The van der Waals surface area contributed by atoms with E-state index >= 15 is 0 Å². The molecule has 3 atom stereocenters. The first-order valence-corrected chi connectivity index (χ1v) is 9.74. The normalized spacial score (nSPS) is 25.0. The Kier molecular flexibility index (Phi) is 4.37. The largest absolute Gasteiger partial charge is 0.504 e. The molecule has 1 aromatic heterocycles. The molecule has 5 nitrogen and oxygen atoms in total. The highest BCUT2D eigenvalue weighted by Gasteiger charge is 2.44. The fraction of sp³-hybridized carbons (Fsp3) is 0.333. The second-order valence-corrected chi connectivity index (χ2v) is 8.44. The van der Waals surface area contributed by atoms with Crippen molar-refractivity contribution in [2.75, 3.05) is 13.7 Å². The summed E-state index contributed by atoms with van der Waals surface area (Å²) in [5, 5.41) is 11.6. The maximum absolute atomic E-state index is 10.1. The quantitative estimate of drug-likeness (QED) is 0.809. The van der Waals surface area contributed by atoms with Crippen molar-refractivity contribution in [2.24, 2.45) is 4.99 Å². The number of pyridine rings is 1. The highest BCUT2D eigenvalue weighted by Crippen LogP contribution is 2.50. The predicted octanol–water partition coefficient (Wildman–Crippen LogP) is 4.15. The van der Waals surface area contributed by atoms with Gasteiger partial charge in [-0.15, -0.1) is 0 Å². The first kappa shape index (κ1) is 16.7. The Balaban J connectivity index is 1.83. The van der Waals surface area contributed by atoms with E-state index in [1.54, 1.807) is 31.1 Å². The van der Waals surface area contributed by atoms with Crippen LogP contribution in [0.4, 0.5) is 0 Å². The van der Waals surface area contributed by atoms with Crippen molar-refractivity contribution in [1.29, 1.82) is 0 Å². The van der Waals surface area contributed by atoms with Crippen molar-refractivity contribution in [3.63, 3.8) is 0 Å². The SMILES string of the molecule is COc1cc([C@H]2[C@H](c3ccccn3)N=C3S[C@@H](C)CN32)c(Br)cc1O. The minimum atomic E-state index is -0.0817. The van der Waals surface area contributed by atoms with E-state index in [0.29, 0.717) is 11.0 Å². The van der Waals surface area contributed by atoms with Crippen LogP contribution in [-0.4, -0.2) is 39.1 Å². The summed E-state index contributed by atoms with van der Waals surface area (Å²) in [7, 11) is 1.56. The first-order chi connectivity index (χ1) is 12.1. The fourth-order valence-electron chi connectivity index (χ4n) is 3.40. The molecule has 1 fully saturated rings. The highest BCUT2D eigenvalue weighted by molar-refractivity contribution is 9.10. The number of aliphatic imine (C=N–C) groups is 1. The number of nitrogens with zero attached hydrogens (tertiary/aromatic N) is 3. The fourth-order valence-corrected chi connectivity index (χ4v) is 5.06. The van der Waals surface area contributed by atoms with Gasteiger partial charge in [0, 0.05) is 22.5 Å². The van der Waals surface area contributed by atoms with Crippen LogP contribution in [0.15, 0.2) is 46.0 Å². The lowest BCUT2D eigenvalue weighted by molar-refractivity contribution is 0.317. The zero-order chi connectivity index (χ0) is 17.6. The van der Waals surface area contributed by atoms with Crippen LogP contribution < -0.4 is 4.74 Å². The van der Waals surface area contributed by atoms with Crippen LogP contribution in [0.25, 0.3) is 0 Å². The van der Waals surface area contributed by atoms with Crippen LogP contribution in [0, 0.1) is 0 Å². The van der Waals surface area contributed by atoms with Crippen LogP contribution in [0.1, 0.15) is 30.3 Å². The van der Waals surface area contributed by atoms with Crippen LogP contribution in [-0.2, 0) is 0 Å². The maximum atomic E-state index is 10.1. The third-order valence-corrected chi connectivity index (χ3v) is 6.29. The molecule has 130 valence electrons. The van der Waals surface area contributed by atoms with E-state index in [1.807, 2.05) is 24.3 Å². The Labute approximate surface area is 159 Å². The number of methoxy groups -OCH3 is 1. The minimum absolute atomic E-state index is 0.0197. The average Bonchev–Trinajstić information content (AvgIpc) is 3.12. The second kappa shape index (κ2) is 6.53. The lowest BCUT2D eigenvalue weighted by Gasteiger charge is -2.28. The molecule has 4 rings (SSSR count). The van der Waals surface area contributed by atoms with Crippen molar-refractivity contribution in [2.45, 2.75) is 24.3 Å². The molecule has 0 unspecified atom stereocenters. The Morgan fingerprint density at radius 3 is 2.92 bits per heavy atom. The monoisotopic (exact) mass is 419 g/mol. The number of hydrogen-bond donors (Lipinski definition) is 1. The molecule has 1 aromatic carbocycles. The van der Waals surface area contributed by atoms with Crippen molar-refractivity contribution in [3.8, 4) is 11.5 Å². The zero-order valence-electron chi connectivity index (χ0n) is 13.9. The van der Waals surface area contributed by atoms with E-state index in [2.05, 4.69) is 32.7 Å². The van der Waals surface area contributed by atoms with Gasteiger partial charge in [0.2, 0.25) is 0 Å². The summed E-state index contributed by atoms with van der Waals surface area (Å²) in [6, 6.07) is 9.45. The van der Waals surface area contributed by atoms with Gasteiger partial charge in [-0.3, -0.25) is 9.98 Å². The van der Waals surface area contributed by atoms with Crippen molar-refractivity contribution >= 4 is 32.9 Å². The third kappa shape index (κ3) is 2.89. The molecule has 0 amide bonds. The van der Waals surface area contributed by atoms with Crippen molar-refractivity contribution in [1.82, 2.24) is 9.88 Å². The predicted molar refractivity (Wildman–Crippen MR) is 103 cm³/mol. The zero-order valence-corrected chi connectivity index (χ0v) is 16.3. The Morgan fingerprint density at radius 2 is 2.20 bits per heavy atom. The molecule has 25 heavy (non-hydrogen) atoms. The molecule has 0 aliphatic carbocycles. The number of aromatic hydroxyl groups is 1. The summed E-state index contributed by atoms with van der Waals surface area (Å²) in [5.74, 6) is 0.585. The summed E-state index contributed by atoms with van der Waals surface area (Å²) < 4.78 is 6.17. The molecule has 0 bridgehead atoms. The number of benzene rings is 1. The van der Waals surface area contributed by atoms with Crippen LogP contribution in [0.2, 0.25) is 0 Å². The molecule has 0 spiro atoms. The van der Waals surface area contributed by atoms with Crippen LogP contribution in [0.5, 0.6) is 11.5 Å². The molecule has 1 saturated heterocycles. The number of hydrogen-bond acceptors (Lipinski definition) is 6. The van der Waals surface area contributed by atoms with Crippen LogP contribution in [0.3, 0.4) is 0 Å². The molecule has 0 radical (unpaired) electrons. The lowest BCUT2D eigenvalue weighted by atomic mass is 9.96. The van der Waals surface area contributed by atoms with E-state index < -0.39 is 0 Å². The standard InChI is InChI=1S/C18H18BrN3O2S/c1-10-9-22-17(11-7-15(24-2)14(23)8-12(11)19)16(21-18(22)25-10)13-5-3-4-6-20-13/h3-8,10,16-17,23H,9H2,1-2H3/t10-,16-,17-/m0/s1. The summed E-state index contributed by atoms with van der Waals surface area (Å²) in [5.41, 5.74) is 1.99. The molecule has 0 saturated carbocycles. The van der Waals surface area contributed by atoms with Gasteiger partial charge in [0.05, 0.1) is 18.8 Å². The maximum Gasteiger partial charge on any atom is 0.160 e. The van der Waals surface area contributed by atoms with Gasteiger partial charge in [0.25, 0.3) is 0 Å². The van der Waals surface area contributed by atoms with Crippen molar-refractivity contribution in [3.05, 3.63) is 52.3 Å². The molecule has 2 aromatic rings. The van der Waals surface area contributed by atoms with Gasteiger partial charge in [-0.05, 0) is 29.8 Å². The summed E-state index contributed by atoms with van der Waals surface area (Å²) in [4.78, 5) is 11.8. The van der Waals surface area contributed by atoms with Gasteiger partial charge in [0.1, 0.15) is 6.04 Å². The average molecular weight is 420 g/mol. The van der Waals surface area contributed by atoms with Gasteiger partial charge in [-0.25, -0.2) is 0 Å². The Morgan fingerprint density at radius 1 is 1.36 bits per heavy atom. The van der Waals surface area contributed by atoms with Gasteiger partial charge in [-0.2, -0.15) is 0 Å². The number of amidine groups is 1. The number of rotatable bonds is 3. The topological polar surface area (TPSA) is 58.0 Å². The number of thioether (sulfide) groups is 1. The number of fused-ring (bicyclic) bond motifs is 1. The first-order valence-electron chi connectivity index (χ1n) is 8.07. The van der Waals surface area contributed by atoms with Crippen molar-refractivity contribution < 1.29 is 9.84 Å². The Hall–Kier alpha value is -1.73. The minimum Gasteiger partial charge on any atom is -0.504 e. The highest BCUT2D eigenvalue weighted by atomic mass is 79.9. The number of aromatic nitrogens is 1. The molecule has 1 N–H and O–H groups in total. The number of halogens is 1. The van der Waals surface area contributed by atoms with E-state index in [-0.39, 0.29) is 17.8 Å². The van der Waals surface area contributed by atoms with Gasteiger partial charge in [0.15, 0.2) is 16.7 Å². The van der Waals surface area contributed by atoms with Gasteiger partial charge < -0.3 is 14.7 Å². The molecule has 2 aliphatic heterocycles. The number of phenolic OH excluding ortho intramolecular Hbond substituents is 1. The van der Waals surface area contributed by atoms with E-state index in [9.17, 15) is 5.11 Å². The van der Waals surface area contributed by atoms with E-state index in [1.165, 1.54) is 0 Å². The third-order valence-electron chi connectivity index (χ3n) is 4.50. The molecule has 7 heteroatoms. The van der Waals surface area contributed by atoms with Gasteiger partial charge >= 0.3 is 0 Å². The summed E-state index contributed by atoms with van der Waals surface area (Å²) in [6.45, 7) is 3.15. The van der Waals surface area contributed by atoms with E-state index in [4.69, 9.17) is 9.73 Å². The molecular weight excluding hydrogens is 402 g/mol. The summed E-state index contributed by atoms with van der Waals surface area (Å²) in [6.07, 6.45) is 1.80. The molecular formula is C18H18BrN3O2S. The Bertz CT molecular complexity index is 831. The van der Waals surface area contributed by atoms with Crippen LogP contribution >= 0.6 is 27.7 Å². The second-order valence-electron chi connectivity index (χ2n) is 6.18. The van der Waals surface area contributed by atoms with Gasteiger partial charge in [-0.1, -0.05) is 40.7 Å².